The summed E-state index contributed by atoms with van der Waals surface area (Å²) < 4.78 is 84.1. The van der Waals surface area contributed by atoms with Gasteiger partial charge in [-0.3, -0.25) is 0 Å². The molecular formula is C7H8F7. The fourth-order valence-electron chi connectivity index (χ4n) is 0.786. The average Bonchev–Trinajstić information content (AvgIpc) is 1.79. The standard InChI is InChI=1S/C7H8F7/c1-2-3-5(8,9)6(10,11)4-7(12,13)14/h1-4H2. The van der Waals surface area contributed by atoms with Gasteiger partial charge < -0.3 is 0 Å². The highest BCUT2D eigenvalue weighted by atomic mass is 19.4. The first-order valence-corrected chi connectivity index (χ1v) is 3.63. The van der Waals surface area contributed by atoms with E-state index in [0.29, 0.717) is 0 Å². The van der Waals surface area contributed by atoms with Crippen LogP contribution in [0.5, 0.6) is 0 Å². The van der Waals surface area contributed by atoms with Crippen LogP contribution in [-0.4, -0.2) is 18.0 Å². The molecule has 0 bridgehead atoms. The van der Waals surface area contributed by atoms with Gasteiger partial charge in [-0.25, -0.2) is 0 Å². The minimum absolute atomic E-state index is 0.555. The van der Waals surface area contributed by atoms with Gasteiger partial charge in [-0.2, -0.15) is 30.7 Å². The monoisotopic (exact) mass is 225 g/mol. The maximum Gasteiger partial charge on any atom is 0.395 e. The first kappa shape index (κ1) is 13.5. The van der Waals surface area contributed by atoms with Crippen molar-refractivity contribution < 1.29 is 30.7 Å². The van der Waals surface area contributed by atoms with E-state index in [0.717, 1.165) is 0 Å². The Morgan fingerprint density at radius 2 is 1.21 bits per heavy atom. The largest absolute Gasteiger partial charge is 0.395 e. The lowest BCUT2D eigenvalue weighted by Crippen LogP contribution is -2.43. The summed E-state index contributed by atoms with van der Waals surface area (Å²) >= 11 is 0. The van der Waals surface area contributed by atoms with Gasteiger partial charge in [0.15, 0.2) is 0 Å². The lowest BCUT2D eigenvalue weighted by molar-refractivity contribution is -0.265. The Morgan fingerprint density at radius 1 is 0.786 bits per heavy atom. The molecule has 0 N–H and O–H groups in total. The number of halogens is 7. The maximum atomic E-state index is 12.4. The molecule has 0 aromatic rings. The maximum absolute atomic E-state index is 12.4. The fourth-order valence-corrected chi connectivity index (χ4v) is 0.786. The highest BCUT2D eigenvalue weighted by Crippen LogP contribution is 2.44. The Bertz CT molecular complexity index is 181. The van der Waals surface area contributed by atoms with Crippen molar-refractivity contribution in [3.8, 4) is 0 Å². The Morgan fingerprint density at radius 3 is 1.50 bits per heavy atom. The third-order valence-electron chi connectivity index (χ3n) is 1.45. The summed E-state index contributed by atoms with van der Waals surface area (Å²) in [5, 5.41) is 0. The second-order valence-electron chi connectivity index (χ2n) is 2.80. The van der Waals surface area contributed by atoms with Crippen molar-refractivity contribution in [3.05, 3.63) is 6.92 Å². The molecule has 0 atom stereocenters. The quantitative estimate of drug-likeness (QED) is 0.638. The van der Waals surface area contributed by atoms with Crippen LogP contribution in [-0.2, 0) is 0 Å². The molecule has 0 nitrogen and oxygen atoms in total. The van der Waals surface area contributed by atoms with Crippen LogP contribution in [0.25, 0.3) is 0 Å². The molecule has 0 amide bonds. The van der Waals surface area contributed by atoms with Gasteiger partial charge in [0, 0.05) is 6.42 Å². The van der Waals surface area contributed by atoms with Crippen LogP contribution in [0.4, 0.5) is 30.7 Å². The molecule has 0 fully saturated rings. The minimum atomic E-state index is -5.31. The summed E-state index contributed by atoms with van der Waals surface area (Å²) in [4.78, 5) is 0. The average molecular weight is 225 g/mol. The van der Waals surface area contributed by atoms with Gasteiger partial charge in [-0.15, -0.1) is 0 Å². The molecule has 7 heteroatoms. The summed E-state index contributed by atoms with van der Waals surface area (Å²) in [6.45, 7) is 2.89. The van der Waals surface area contributed by atoms with Gasteiger partial charge in [0.2, 0.25) is 0 Å². The van der Waals surface area contributed by atoms with E-state index in [2.05, 4.69) is 6.92 Å². The van der Waals surface area contributed by atoms with Gasteiger partial charge >= 0.3 is 18.0 Å². The molecule has 0 aromatic carbocycles. The Labute approximate surface area is 76.1 Å². The Kier molecular flexibility index (Phi) is 3.80. The molecule has 0 saturated carbocycles. The predicted octanol–water partition coefficient (Wildman–Crippen LogP) is 3.82. The minimum Gasteiger partial charge on any atom is -0.200 e. The molecule has 0 saturated heterocycles. The first-order valence-electron chi connectivity index (χ1n) is 3.63. The number of alkyl halides is 7. The molecule has 1 radical (unpaired) electrons. The number of hydrogen-bond acceptors (Lipinski definition) is 0. The second-order valence-corrected chi connectivity index (χ2v) is 2.80. The van der Waals surface area contributed by atoms with E-state index in [1.54, 1.807) is 0 Å². The van der Waals surface area contributed by atoms with Crippen LogP contribution >= 0.6 is 0 Å². The highest BCUT2D eigenvalue weighted by molar-refractivity contribution is 4.86. The summed E-state index contributed by atoms with van der Waals surface area (Å²) in [6.07, 6.45) is -10.0. The van der Waals surface area contributed by atoms with Gasteiger partial charge in [0.25, 0.3) is 0 Å². The molecule has 85 valence electrons. The van der Waals surface area contributed by atoms with E-state index in [1.165, 1.54) is 0 Å². The third kappa shape index (κ3) is 3.71. The van der Waals surface area contributed by atoms with Crippen molar-refractivity contribution in [2.75, 3.05) is 0 Å². The molecule has 14 heavy (non-hydrogen) atoms. The normalized spacial score (nSPS) is 14.6. The fraction of sp³-hybridized carbons (Fsp3) is 0.857. The van der Waals surface area contributed by atoms with E-state index >= 15 is 0 Å². The van der Waals surface area contributed by atoms with Crippen LogP contribution in [0.3, 0.4) is 0 Å². The van der Waals surface area contributed by atoms with E-state index in [4.69, 9.17) is 0 Å². The summed E-state index contributed by atoms with van der Waals surface area (Å²) in [5.41, 5.74) is 0. The zero-order valence-corrected chi connectivity index (χ0v) is 6.97. The first-order chi connectivity index (χ1) is 6.02. The van der Waals surface area contributed by atoms with Crippen molar-refractivity contribution in [1.82, 2.24) is 0 Å². The Balaban J connectivity index is 4.59. The number of hydrogen-bond donors (Lipinski definition) is 0. The summed E-state index contributed by atoms with van der Waals surface area (Å²) in [7, 11) is 0. The van der Waals surface area contributed by atoms with Crippen molar-refractivity contribution in [1.29, 1.82) is 0 Å². The zero-order chi connectivity index (χ0) is 11.6. The molecule has 0 aliphatic rings. The second kappa shape index (κ2) is 3.94. The zero-order valence-electron chi connectivity index (χ0n) is 6.97. The predicted molar refractivity (Wildman–Crippen MR) is 35.2 cm³/mol. The van der Waals surface area contributed by atoms with Crippen molar-refractivity contribution in [2.24, 2.45) is 0 Å². The SMILES string of the molecule is [CH2]CCC(F)(F)C(F)(F)CC(F)(F)F. The van der Waals surface area contributed by atoms with E-state index in [1.807, 2.05) is 0 Å². The molecular weight excluding hydrogens is 217 g/mol. The van der Waals surface area contributed by atoms with E-state index < -0.39 is 37.3 Å². The molecule has 0 aliphatic heterocycles. The van der Waals surface area contributed by atoms with Crippen LogP contribution in [0.2, 0.25) is 0 Å². The molecule has 0 aromatic heterocycles. The van der Waals surface area contributed by atoms with E-state index in [-0.39, 0.29) is 0 Å². The highest BCUT2D eigenvalue weighted by Gasteiger charge is 2.60. The lowest BCUT2D eigenvalue weighted by atomic mass is 10.0. The van der Waals surface area contributed by atoms with Gasteiger partial charge in [0.1, 0.15) is 6.42 Å². The van der Waals surface area contributed by atoms with Crippen LogP contribution < -0.4 is 0 Å². The summed E-state index contributed by atoms with van der Waals surface area (Å²) in [6, 6.07) is 0. The molecule has 0 unspecified atom stereocenters. The van der Waals surface area contributed by atoms with Crippen LogP contribution in [0.15, 0.2) is 0 Å². The van der Waals surface area contributed by atoms with Gasteiger partial charge in [-0.1, -0.05) is 6.92 Å². The van der Waals surface area contributed by atoms with Gasteiger partial charge in [0.05, 0.1) is 0 Å². The smallest absolute Gasteiger partial charge is 0.200 e. The third-order valence-corrected chi connectivity index (χ3v) is 1.45. The molecule has 0 heterocycles. The Hall–Kier alpha value is -0.490. The lowest BCUT2D eigenvalue weighted by Gasteiger charge is -2.26. The topological polar surface area (TPSA) is 0 Å². The summed E-state index contributed by atoms with van der Waals surface area (Å²) in [5.74, 6) is -9.73. The number of rotatable bonds is 4. The van der Waals surface area contributed by atoms with Crippen molar-refractivity contribution in [2.45, 2.75) is 37.3 Å². The van der Waals surface area contributed by atoms with Crippen molar-refractivity contribution in [3.63, 3.8) is 0 Å². The van der Waals surface area contributed by atoms with Crippen molar-refractivity contribution >= 4 is 0 Å². The van der Waals surface area contributed by atoms with Crippen LogP contribution in [0, 0.1) is 6.92 Å². The van der Waals surface area contributed by atoms with Gasteiger partial charge in [-0.05, 0) is 6.42 Å². The van der Waals surface area contributed by atoms with Crippen LogP contribution in [0.1, 0.15) is 19.3 Å². The van der Waals surface area contributed by atoms with E-state index in [9.17, 15) is 30.7 Å². The molecule has 0 spiro atoms. The molecule has 0 aliphatic carbocycles. The molecule has 0 rings (SSSR count).